The third-order valence-electron chi connectivity index (χ3n) is 1.55. The van der Waals surface area contributed by atoms with Crippen molar-refractivity contribution in [1.29, 1.82) is 0 Å². The number of amides is 1. The zero-order valence-corrected chi connectivity index (χ0v) is 7.58. The number of nitrogens with one attached hydrogen (secondary N) is 1. The molecule has 1 aromatic heterocycles. The van der Waals surface area contributed by atoms with Gasteiger partial charge in [-0.3, -0.25) is 4.79 Å². The standard InChI is InChI=1S/C9H13NO3/c1-12-7-9(11)10-5-4-8-3-2-6-13-8/h2-3,6H,4-5,7H2,1H3,(H,10,11). The number of hydrogen-bond donors (Lipinski definition) is 1. The summed E-state index contributed by atoms with van der Waals surface area (Å²) in [6, 6.07) is 3.70. The molecule has 0 bridgehead atoms. The first kappa shape index (κ1) is 9.80. The lowest BCUT2D eigenvalue weighted by atomic mass is 10.3. The molecule has 1 heterocycles. The van der Waals surface area contributed by atoms with Crippen molar-refractivity contribution >= 4 is 5.91 Å². The van der Waals surface area contributed by atoms with Gasteiger partial charge < -0.3 is 14.5 Å². The monoisotopic (exact) mass is 183 g/mol. The average Bonchev–Trinajstić information content (AvgIpc) is 2.57. The van der Waals surface area contributed by atoms with Crippen molar-refractivity contribution in [3.05, 3.63) is 24.2 Å². The third-order valence-corrected chi connectivity index (χ3v) is 1.55. The molecule has 4 heteroatoms. The number of methoxy groups -OCH3 is 1. The Morgan fingerprint density at radius 2 is 2.54 bits per heavy atom. The maximum absolute atomic E-state index is 10.9. The molecule has 4 nitrogen and oxygen atoms in total. The molecule has 1 rings (SSSR count). The Hall–Kier alpha value is -1.29. The molecule has 0 aliphatic rings. The van der Waals surface area contributed by atoms with Crippen LogP contribution in [0.2, 0.25) is 0 Å². The number of carbonyl (C=O) groups is 1. The fourth-order valence-corrected chi connectivity index (χ4v) is 0.962. The van der Waals surface area contributed by atoms with Gasteiger partial charge >= 0.3 is 0 Å². The topological polar surface area (TPSA) is 51.5 Å². The van der Waals surface area contributed by atoms with Crippen molar-refractivity contribution < 1.29 is 13.9 Å². The maximum Gasteiger partial charge on any atom is 0.245 e. The molecule has 0 fully saturated rings. The Balaban J connectivity index is 2.11. The molecule has 0 saturated carbocycles. The lowest BCUT2D eigenvalue weighted by Crippen LogP contribution is -2.28. The van der Waals surface area contributed by atoms with E-state index in [4.69, 9.17) is 4.42 Å². The minimum atomic E-state index is -0.103. The molecule has 72 valence electrons. The van der Waals surface area contributed by atoms with Crippen LogP contribution in [0.1, 0.15) is 5.76 Å². The van der Waals surface area contributed by atoms with E-state index in [2.05, 4.69) is 10.1 Å². The molecular weight excluding hydrogens is 170 g/mol. The van der Waals surface area contributed by atoms with Gasteiger partial charge in [-0.25, -0.2) is 0 Å². The van der Waals surface area contributed by atoms with Gasteiger partial charge in [0, 0.05) is 20.1 Å². The van der Waals surface area contributed by atoms with Crippen LogP contribution in [0.5, 0.6) is 0 Å². The van der Waals surface area contributed by atoms with E-state index in [1.807, 2.05) is 12.1 Å². The molecule has 0 aliphatic heterocycles. The predicted molar refractivity (Wildman–Crippen MR) is 47.3 cm³/mol. The van der Waals surface area contributed by atoms with Crippen molar-refractivity contribution in [2.45, 2.75) is 6.42 Å². The smallest absolute Gasteiger partial charge is 0.245 e. The first-order valence-corrected chi connectivity index (χ1v) is 4.11. The van der Waals surface area contributed by atoms with Crippen LogP contribution >= 0.6 is 0 Å². The zero-order chi connectivity index (χ0) is 9.52. The van der Waals surface area contributed by atoms with Crippen LogP contribution in [0.4, 0.5) is 0 Å². The SMILES string of the molecule is COCC(=O)NCCc1ccco1. The Morgan fingerprint density at radius 1 is 1.69 bits per heavy atom. The van der Waals surface area contributed by atoms with E-state index in [1.165, 1.54) is 7.11 Å². The second-order valence-electron chi connectivity index (χ2n) is 2.61. The minimum Gasteiger partial charge on any atom is -0.469 e. The molecule has 13 heavy (non-hydrogen) atoms. The molecule has 0 unspecified atom stereocenters. The lowest BCUT2D eigenvalue weighted by molar-refractivity contribution is -0.124. The van der Waals surface area contributed by atoms with Crippen LogP contribution in [0.3, 0.4) is 0 Å². The van der Waals surface area contributed by atoms with Crippen LogP contribution in [0.25, 0.3) is 0 Å². The normalized spacial score (nSPS) is 9.92. The van der Waals surface area contributed by atoms with Gasteiger partial charge in [0.25, 0.3) is 0 Å². The van der Waals surface area contributed by atoms with Gasteiger partial charge in [0.05, 0.1) is 6.26 Å². The molecule has 0 atom stereocenters. The third kappa shape index (κ3) is 3.75. The van der Waals surface area contributed by atoms with Gasteiger partial charge in [-0.15, -0.1) is 0 Å². The number of carbonyl (C=O) groups excluding carboxylic acids is 1. The van der Waals surface area contributed by atoms with Gasteiger partial charge in [-0.05, 0) is 12.1 Å². The summed E-state index contributed by atoms with van der Waals surface area (Å²) in [5.74, 6) is 0.770. The summed E-state index contributed by atoms with van der Waals surface area (Å²) in [4.78, 5) is 10.9. The number of furan rings is 1. The first-order chi connectivity index (χ1) is 6.33. The summed E-state index contributed by atoms with van der Waals surface area (Å²) < 4.78 is 9.75. The highest BCUT2D eigenvalue weighted by molar-refractivity contribution is 5.77. The summed E-state index contributed by atoms with van der Waals surface area (Å²) in [7, 11) is 1.49. The highest BCUT2D eigenvalue weighted by Gasteiger charge is 1.99. The molecule has 1 amide bonds. The number of ether oxygens (including phenoxy) is 1. The first-order valence-electron chi connectivity index (χ1n) is 4.11. The van der Waals surface area contributed by atoms with E-state index < -0.39 is 0 Å². The average molecular weight is 183 g/mol. The predicted octanol–water partition coefficient (Wildman–Crippen LogP) is 0.585. The highest BCUT2D eigenvalue weighted by atomic mass is 16.5. The molecule has 1 aromatic rings. The fourth-order valence-electron chi connectivity index (χ4n) is 0.962. The maximum atomic E-state index is 10.9. The van der Waals surface area contributed by atoms with E-state index >= 15 is 0 Å². The molecule has 0 radical (unpaired) electrons. The van der Waals surface area contributed by atoms with E-state index in [-0.39, 0.29) is 12.5 Å². The van der Waals surface area contributed by atoms with E-state index in [1.54, 1.807) is 6.26 Å². The fraction of sp³-hybridized carbons (Fsp3) is 0.444. The Labute approximate surface area is 76.9 Å². The molecule has 0 aliphatic carbocycles. The van der Waals surface area contributed by atoms with E-state index in [0.717, 1.165) is 5.76 Å². The molecular formula is C9H13NO3. The lowest BCUT2D eigenvalue weighted by Gasteiger charge is -2.01. The van der Waals surface area contributed by atoms with Gasteiger partial charge in [0.1, 0.15) is 12.4 Å². The summed E-state index contributed by atoms with van der Waals surface area (Å²) in [6.45, 7) is 0.688. The highest BCUT2D eigenvalue weighted by Crippen LogP contribution is 1.99. The van der Waals surface area contributed by atoms with Crippen LogP contribution < -0.4 is 5.32 Å². The Kier molecular flexibility index (Phi) is 4.05. The van der Waals surface area contributed by atoms with Crippen molar-refractivity contribution in [3.63, 3.8) is 0 Å². The van der Waals surface area contributed by atoms with E-state index in [9.17, 15) is 4.79 Å². The molecule has 0 saturated heterocycles. The number of hydrogen-bond acceptors (Lipinski definition) is 3. The van der Waals surface area contributed by atoms with Crippen molar-refractivity contribution in [1.82, 2.24) is 5.32 Å². The molecule has 0 spiro atoms. The summed E-state index contributed by atoms with van der Waals surface area (Å²) in [5, 5.41) is 2.70. The van der Waals surface area contributed by atoms with Crippen molar-refractivity contribution in [2.24, 2.45) is 0 Å². The van der Waals surface area contributed by atoms with Crippen LogP contribution in [-0.2, 0) is 16.0 Å². The number of rotatable bonds is 5. The zero-order valence-electron chi connectivity index (χ0n) is 7.58. The van der Waals surface area contributed by atoms with Crippen LogP contribution in [-0.4, -0.2) is 26.2 Å². The quantitative estimate of drug-likeness (QED) is 0.726. The van der Waals surface area contributed by atoms with Gasteiger partial charge in [-0.2, -0.15) is 0 Å². The molecule has 0 aromatic carbocycles. The van der Waals surface area contributed by atoms with Crippen molar-refractivity contribution in [2.75, 3.05) is 20.3 Å². The van der Waals surface area contributed by atoms with Gasteiger partial charge in [0.2, 0.25) is 5.91 Å². The summed E-state index contributed by atoms with van der Waals surface area (Å²) >= 11 is 0. The largest absolute Gasteiger partial charge is 0.469 e. The second-order valence-corrected chi connectivity index (χ2v) is 2.61. The van der Waals surface area contributed by atoms with Crippen molar-refractivity contribution in [3.8, 4) is 0 Å². The van der Waals surface area contributed by atoms with Gasteiger partial charge in [0.15, 0.2) is 0 Å². The van der Waals surface area contributed by atoms with Crippen LogP contribution in [0, 0.1) is 0 Å². The summed E-state index contributed by atoms with van der Waals surface area (Å²) in [5.41, 5.74) is 0. The Bertz CT molecular complexity index is 243. The van der Waals surface area contributed by atoms with Crippen LogP contribution in [0.15, 0.2) is 22.8 Å². The summed E-state index contributed by atoms with van der Waals surface area (Å²) in [6.07, 6.45) is 2.33. The second kappa shape index (κ2) is 5.37. The van der Waals surface area contributed by atoms with E-state index in [0.29, 0.717) is 13.0 Å². The minimum absolute atomic E-state index is 0.103. The molecule has 1 N–H and O–H groups in total. The Morgan fingerprint density at radius 3 is 3.15 bits per heavy atom. The van der Waals surface area contributed by atoms with Gasteiger partial charge in [-0.1, -0.05) is 0 Å².